The van der Waals surface area contributed by atoms with Crippen LogP contribution in [-0.4, -0.2) is 5.97 Å². The van der Waals surface area contributed by atoms with E-state index in [-0.39, 0.29) is 11.6 Å². The minimum absolute atomic E-state index is 0.190. The van der Waals surface area contributed by atoms with E-state index >= 15 is 0 Å². The van der Waals surface area contributed by atoms with Gasteiger partial charge in [0.05, 0.1) is 12.0 Å². The summed E-state index contributed by atoms with van der Waals surface area (Å²) in [6, 6.07) is 11.8. The van der Waals surface area contributed by atoms with Crippen molar-refractivity contribution in [1.82, 2.24) is 0 Å². The topological polar surface area (TPSA) is 52.2 Å². The number of carboxylic acid groups (broad SMARTS) is 1. The first-order chi connectivity index (χ1) is 11.5. The Bertz CT molecular complexity index is 836. The van der Waals surface area contributed by atoms with Gasteiger partial charge in [-0.25, -0.2) is 0 Å². The highest BCUT2D eigenvalue weighted by molar-refractivity contribution is 5.85. The molecule has 0 spiro atoms. The number of carbonyl (C=O) groups is 1. The lowest BCUT2D eigenvalue weighted by Crippen LogP contribution is -2.30. The number of allylic oxidation sites excluding steroid dienone is 2. The van der Waals surface area contributed by atoms with E-state index in [9.17, 15) is 9.90 Å². The van der Waals surface area contributed by atoms with Crippen LogP contribution in [0.25, 0.3) is 0 Å². The molecule has 0 aromatic heterocycles. The van der Waals surface area contributed by atoms with Gasteiger partial charge < -0.3 is 15.2 Å². The number of hydrogen-bond donors (Lipinski definition) is 1. The molecular weight excluding hydrogens is 298 g/mol. The molecule has 24 heavy (non-hydrogen) atoms. The summed E-state index contributed by atoms with van der Waals surface area (Å²) in [6.07, 6.45) is 5.63. The second kappa shape index (κ2) is 5.52. The molecule has 3 nitrogen and oxygen atoms in total. The lowest BCUT2D eigenvalue weighted by Gasteiger charge is -2.38. The predicted octanol–water partition coefficient (Wildman–Crippen LogP) is 3.49. The predicted molar refractivity (Wildman–Crippen MR) is 93.0 cm³/mol. The molecule has 2 aromatic carbocycles. The number of anilines is 1. The number of rotatable bonds is 2. The fourth-order valence-electron chi connectivity index (χ4n) is 4.23. The van der Waals surface area contributed by atoms with Crippen molar-refractivity contribution in [2.24, 2.45) is 5.92 Å². The molecular formula is C21H20NO2-. The van der Waals surface area contributed by atoms with Crippen LogP contribution in [0.15, 0.2) is 48.6 Å². The van der Waals surface area contributed by atoms with Crippen molar-refractivity contribution in [3.8, 4) is 0 Å². The highest BCUT2D eigenvalue weighted by atomic mass is 16.4. The average Bonchev–Trinajstić information content (AvgIpc) is 3.04. The van der Waals surface area contributed by atoms with Crippen LogP contribution in [0.2, 0.25) is 0 Å². The lowest BCUT2D eigenvalue weighted by molar-refractivity contribution is -0.255. The molecule has 2 aromatic rings. The van der Waals surface area contributed by atoms with Crippen molar-refractivity contribution in [3.63, 3.8) is 0 Å². The molecule has 2 aliphatic rings. The maximum absolute atomic E-state index is 11.0. The van der Waals surface area contributed by atoms with Gasteiger partial charge in [0.25, 0.3) is 0 Å². The van der Waals surface area contributed by atoms with Gasteiger partial charge in [0.2, 0.25) is 0 Å². The Balaban J connectivity index is 1.76. The monoisotopic (exact) mass is 318 g/mol. The summed E-state index contributed by atoms with van der Waals surface area (Å²) in [5, 5.41) is 14.7. The van der Waals surface area contributed by atoms with Gasteiger partial charge in [-0.15, -0.1) is 0 Å². The van der Waals surface area contributed by atoms with Gasteiger partial charge in [0.1, 0.15) is 0 Å². The minimum Gasteiger partial charge on any atom is -0.545 e. The van der Waals surface area contributed by atoms with Crippen LogP contribution in [-0.2, 0) is 0 Å². The molecule has 0 saturated carbocycles. The van der Waals surface area contributed by atoms with E-state index in [4.69, 9.17) is 0 Å². The molecule has 1 heterocycles. The number of aromatic carboxylic acids is 1. The molecule has 4 rings (SSSR count). The number of fused-ring (bicyclic) bond motifs is 3. The Kier molecular flexibility index (Phi) is 3.45. The van der Waals surface area contributed by atoms with Crippen molar-refractivity contribution in [1.29, 1.82) is 0 Å². The Labute approximate surface area is 142 Å². The largest absolute Gasteiger partial charge is 0.545 e. The van der Waals surface area contributed by atoms with E-state index in [1.54, 1.807) is 12.1 Å². The van der Waals surface area contributed by atoms with Crippen LogP contribution in [0, 0.1) is 19.8 Å². The Morgan fingerprint density at radius 2 is 1.92 bits per heavy atom. The van der Waals surface area contributed by atoms with Gasteiger partial charge in [-0.2, -0.15) is 0 Å². The van der Waals surface area contributed by atoms with E-state index in [0.717, 1.165) is 12.0 Å². The zero-order valence-electron chi connectivity index (χ0n) is 13.9. The van der Waals surface area contributed by atoms with Gasteiger partial charge in [0, 0.05) is 11.6 Å². The third-order valence-corrected chi connectivity index (χ3v) is 5.32. The highest BCUT2D eigenvalue weighted by Crippen LogP contribution is 2.50. The molecule has 0 saturated heterocycles. The summed E-state index contributed by atoms with van der Waals surface area (Å²) in [4.78, 5) is 11.0. The third-order valence-electron chi connectivity index (χ3n) is 5.32. The SMILES string of the molecule is Cc1cc(C)c2c(c1)[C@H]1C=CC[C@H]1[C@H](c1ccc(C(=O)[O-])cc1)N2. The number of carboxylic acids is 1. The van der Waals surface area contributed by atoms with E-state index in [0.29, 0.717) is 11.8 Å². The second-order valence-electron chi connectivity index (χ2n) is 6.93. The number of carbonyl (C=O) groups excluding carboxylic acids is 1. The van der Waals surface area contributed by atoms with Gasteiger partial charge in [-0.3, -0.25) is 0 Å². The fourth-order valence-corrected chi connectivity index (χ4v) is 4.23. The third kappa shape index (κ3) is 2.32. The molecule has 0 fully saturated rings. The van der Waals surface area contributed by atoms with Crippen LogP contribution in [0.3, 0.4) is 0 Å². The van der Waals surface area contributed by atoms with Crippen molar-refractivity contribution in [2.75, 3.05) is 5.32 Å². The summed E-state index contributed by atoms with van der Waals surface area (Å²) in [5.74, 6) is -0.242. The van der Waals surface area contributed by atoms with Crippen LogP contribution >= 0.6 is 0 Å². The molecule has 3 atom stereocenters. The number of hydrogen-bond acceptors (Lipinski definition) is 3. The van der Waals surface area contributed by atoms with Gasteiger partial charge in [-0.05, 0) is 48.4 Å². The number of aryl methyl sites for hydroxylation is 2. The fraction of sp³-hybridized carbons (Fsp3) is 0.286. The van der Waals surface area contributed by atoms with Crippen LogP contribution in [0.4, 0.5) is 5.69 Å². The first-order valence-corrected chi connectivity index (χ1v) is 8.40. The van der Waals surface area contributed by atoms with Crippen molar-refractivity contribution < 1.29 is 9.90 Å². The summed E-state index contributed by atoms with van der Waals surface area (Å²) >= 11 is 0. The van der Waals surface area contributed by atoms with Crippen molar-refractivity contribution in [2.45, 2.75) is 32.2 Å². The van der Waals surface area contributed by atoms with E-state index in [1.165, 1.54) is 22.4 Å². The normalized spacial score (nSPS) is 24.2. The van der Waals surface area contributed by atoms with Crippen molar-refractivity contribution in [3.05, 3.63) is 76.4 Å². The summed E-state index contributed by atoms with van der Waals surface area (Å²) < 4.78 is 0. The Morgan fingerprint density at radius 3 is 2.62 bits per heavy atom. The van der Waals surface area contributed by atoms with Gasteiger partial charge in [0.15, 0.2) is 0 Å². The van der Waals surface area contributed by atoms with Gasteiger partial charge in [-0.1, -0.05) is 54.1 Å². The smallest absolute Gasteiger partial charge is 0.0715 e. The molecule has 0 bridgehead atoms. The molecule has 0 amide bonds. The first-order valence-electron chi connectivity index (χ1n) is 8.40. The minimum atomic E-state index is -1.13. The average molecular weight is 318 g/mol. The standard InChI is InChI=1S/C21H21NO2/c1-12-10-13(2)19-18(11-12)16-4-3-5-17(16)20(22-19)14-6-8-15(9-7-14)21(23)24/h3-4,6-11,16-17,20,22H,5H2,1-2H3,(H,23,24)/p-1/t16-,17+,20-/m0/s1. The van der Waals surface area contributed by atoms with Gasteiger partial charge >= 0.3 is 0 Å². The second-order valence-corrected chi connectivity index (χ2v) is 6.93. The van der Waals surface area contributed by atoms with Crippen LogP contribution in [0.1, 0.15) is 51.0 Å². The quantitative estimate of drug-likeness (QED) is 0.862. The zero-order chi connectivity index (χ0) is 16.8. The molecule has 0 radical (unpaired) electrons. The zero-order valence-corrected chi connectivity index (χ0v) is 13.9. The lowest BCUT2D eigenvalue weighted by atomic mass is 9.76. The number of nitrogens with one attached hydrogen (secondary N) is 1. The number of benzene rings is 2. The summed E-state index contributed by atoms with van der Waals surface area (Å²) in [5.41, 5.74) is 6.52. The summed E-state index contributed by atoms with van der Waals surface area (Å²) in [6.45, 7) is 4.29. The first kappa shape index (κ1) is 15.0. The molecule has 0 unspecified atom stereocenters. The molecule has 1 N–H and O–H groups in total. The molecule has 122 valence electrons. The van der Waals surface area contributed by atoms with Crippen LogP contribution < -0.4 is 10.4 Å². The van der Waals surface area contributed by atoms with Crippen LogP contribution in [0.5, 0.6) is 0 Å². The van der Waals surface area contributed by atoms with E-state index in [1.807, 2.05) is 12.1 Å². The van der Waals surface area contributed by atoms with Crippen molar-refractivity contribution >= 4 is 11.7 Å². The Morgan fingerprint density at radius 1 is 1.17 bits per heavy atom. The highest BCUT2D eigenvalue weighted by Gasteiger charge is 2.38. The molecule has 1 aliphatic heterocycles. The Hall–Kier alpha value is -2.55. The maximum Gasteiger partial charge on any atom is 0.0715 e. The summed E-state index contributed by atoms with van der Waals surface area (Å²) in [7, 11) is 0. The van der Waals surface area contributed by atoms with E-state index in [2.05, 4.69) is 43.4 Å². The van der Waals surface area contributed by atoms with E-state index < -0.39 is 5.97 Å². The molecule has 3 heteroatoms. The molecule has 1 aliphatic carbocycles. The maximum atomic E-state index is 11.0.